The summed E-state index contributed by atoms with van der Waals surface area (Å²) in [5.74, 6) is 0.683. The molecule has 8 heteroatoms. The van der Waals surface area contributed by atoms with Crippen LogP contribution in [0.1, 0.15) is 25.3 Å². The van der Waals surface area contributed by atoms with Crippen LogP contribution >= 0.6 is 11.3 Å². The lowest BCUT2D eigenvalue weighted by Gasteiger charge is -2.10. The average Bonchev–Trinajstić information content (AvgIpc) is 3.07. The van der Waals surface area contributed by atoms with Gasteiger partial charge in [0, 0.05) is 12.2 Å². The second-order valence-corrected chi connectivity index (χ2v) is 8.44. The topological polar surface area (TPSA) is 96.6 Å². The van der Waals surface area contributed by atoms with E-state index in [9.17, 15) is 8.42 Å². The van der Waals surface area contributed by atoms with Crippen LogP contribution in [0.15, 0.2) is 51.0 Å². The van der Waals surface area contributed by atoms with Gasteiger partial charge in [0.05, 0.1) is 6.54 Å². The van der Waals surface area contributed by atoms with Crippen LogP contribution in [0.25, 0.3) is 0 Å². The Balaban J connectivity index is 1.85. The second kappa shape index (κ2) is 8.27. The number of nitrogens with one attached hydrogen (secondary N) is 2. The molecule has 6 nitrogen and oxygen atoms in total. The Hall–Kier alpha value is -1.90. The Labute approximate surface area is 146 Å². The standard InChI is InChI=1S/C16H22N4O2S2/c1-12(2)13-5-3-6-14(11-13)20-16(17)18-8-9-19-24(21,22)15-7-4-10-23-15/h3-7,10-12,19H,8-9H2,1-2H3,(H3,17,18,20). The van der Waals surface area contributed by atoms with E-state index in [0.29, 0.717) is 10.1 Å². The maximum atomic E-state index is 11.9. The molecule has 1 aromatic carbocycles. The number of benzene rings is 1. The Morgan fingerprint density at radius 2 is 2.08 bits per heavy atom. The van der Waals surface area contributed by atoms with Gasteiger partial charge in [0.1, 0.15) is 4.21 Å². The number of guanidine groups is 1. The zero-order valence-electron chi connectivity index (χ0n) is 13.7. The summed E-state index contributed by atoms with van der Waals surface area (Å²) in [6.45, 7) is 4.69. The van der Waals surface area contributed by atoms with Crippen LogP contribution in [0, 0.1) is 0 Å². The van der Waals surface area contributed by atoms with Crippen LogP contribution in [0.4, 0.5) is 5.69 Å². The molecular formula is C16H22N4O2S2. The molecule has 0 amide bonds. The molecule has 1 heterocycles. The molecule has 0 aliphatic heterocycles. The molecule has 0 fully saturated rings. The van der Waals surface area contributed by atoms with Crippen molar-refractivity contribution in [3.63, 3.8) is 0 Å². The Morgan fingerprint density at radius 3 is 2.75 bits per heavy atom. The van der Waals surface area contributed by atoms with Crippen LogP contribution in [-0.4, -0.2) is 27.5 Å². The summed E-state index contributed by atoms with van der Waals surface area (Å²) in [6.07, 6.45) is 0. The molecule has 0 saturated heterocycles. The molecule has 0 radical (unpaired) electrons. The van der Waals surface area contributed by atoms with Crippen molar-refractivity contribution < 1.29 is 8.42 Å². The first-order valence-corrected chi connectivity index (χ1v) is 9.95. The lowest BCUT2D eigenvalue weighted by Crippen LogP contribution is -2.28. The summed E-state index contributed by atoms with van der Waals surface area (Å²) in [6, 6.07) is 11.2. The number of anilines is 1. The van der Waals surface area contributed by atoms with Gasteiger partial charge in [-0.15, -0.1) is 11.3 Å². The molecule has 2 aromatic rings. The molecule has 24 heavy (non-hydrogen) atoms. The number of thiophene rings is 1. The molecule has 0 aliphatic carbocycles. The third kappa shape index (κ3) is 5.33. The zero-order chi connectivity index (χ0) is 17.6. The minimum absolute atomic E-state index is 0.189. The van der Waals surface area contributed by atoms with Gasteiger partial charge in [0.2, 0.25) is 10.0 Å². The highest BCUT2D eigenvalue weighted by Crippen LogP contribution is 2.18. The quantitative estimate of drug-likeness (QED) is 0.399. The average molecular weight is 367 g/mol. The maximum Gasteiger partial charge on any atom is 0.250 e. The van der Waals surface area contributed by atoms with Gasteiger partial charge in [-0.3, -0.25) is 4.99 Å². The van der Waals surface area contributed by atoms with Crippen molar-refractivity contribution in [3.05, 3.63) is 47.3 Å². The molecule has 0 unspecified atom stereocenters. The molecule has 0 bridgehead atoms. The van der Waals surface area contributed by atoms with Gasteiger partial charge in [-0.1, -0.05) is 32.0 Å². The lowest BCUT2D eigenvalue weighted by molar-refractivity contribution is 0.584. The number of hydrogen-bond acceptors (Lipinski definition) is 4. The predicted octanol–water partition coefficient (Wildman–Crippen LogP) is 2.58. The molecule has 4 N–H and O–H groups in total. The number of aliphatic imine (C=N–C) groups is 1. The van der Waals surface area contributed by atoms with Gasteiger partial charge in [-0.25, -0.2) is 13.1 Å². The molecule has 130 valence electrons. The van der Waals surface area contributed by atoms with E-state index in [4.69, 9.17) is 5.73 Å². The first-order chi connectivity index (χ1) is 11.4. The monoisotopic (exact) mass is 366 g/mol. The fourth-order valence-corrected chi connectivity index (χ4v) is 4.07. The Kier molecular flexibility index (Phi) is 6.36. The highest BCUT2D eigenvalue weighted by atomic mass is 32.2. The predicted molar refractivity (Wildman–Crippen MR) is 100 cm³/mol. The SMILES string of the molecule is CC(C)c1cccc(NC(N)=NCCNS(=O)(=O)c2cccs2)c1. The summed E-state index contributed by atoms with van der Waals surface area (Å²) < 4.78 is 26.7. The smallest absolute Gasteiger partial charge is 0.250 e. The van der Waals surface area contributed by atoms with Gasteiger partial charge in [-0.2, -0.15) is 0 Å². The van der Waals surface area contributed by atoms with E-state index in [0.717, 1.165) is 5.69 Å². The molecule has 0 spiro atoms. The highest BCUT2D eigenvalue weighted by Gasteiger charge is 2.13. The van der Waals surface area contributed by atoms with E-state index in [2.05, 4.69) is 34.9 Å². The van der Waals surface area contributed by atoms with Crippen molar-refractivity contribution in [1.82, 2.24) is 4.72 Å². The first-order valence-electron chi connectivity index (χ1n) is 7.58. The minimum Gasteiger partial charge on any atom is -0.370 e. The third-order valence-corrected chi connectivity index (χ3v) is 6.13. The van der Waals surface area contributed by atoms with Crippen LogP contribution < -0.4 is 15.8 Å². The van der Waals surface area contributed by atoms with E-state index in [1.807, 2.05) is 18.2 Å². The van der Waals surface area contributed by atoms with Crippen LogP contribution in [0.3, 0.4) is 0 Å². The van der Waals surface area contributed by atoms with Gasteiger partial charge in [0.25, 0.3) is 0 Å². The van der Waals surface area contributed by atoms with Crippen molar-refractivity contribution in [2.24, 2.45) is 10.7 Å². The molecule has 2 rings (SSSR count). The lowest BCUT2D eigenvalue weighted by atomic mass is 10.0. The Bertz CT molecular complexity index is 784. The van der Waals surface area contributed by atoms with Crippen molar-refractivity contribution >= 4 is 33.0 Å². The summed E-state index contributed by atoms with van der Waals surface area (Å²) in [4.78, 5) is 4.14. The van der Waals surface area contributed by atoms with Crippen LogP contribution in [0.5, 0.6) is 0 Å². The van der Waals surface area contributed by atoms with E-state index in [-0.39, 0.29) is 19.0 Å². The summed E-state index contributed by atoms with van der Waals surface area (Å²) in [5.41, 5.74) is 7.91. The molecular weight excluding hydrogens is 344 g/mol. The number of hydrogen-bond donors (Lipinski definition) is 3. The van der Waals surface area contributed by atoms with Gasteiger partial charge < -0.3 is 11.1 Å². The van der Waals surface area contributed by atoms with E-state index < -0.39 is 10.0 Å². The van der Waals surface area contributed by atoms with Gasteiger partial charge in [0.15, 0.2) is 5.96 Å². The Morgan fingerprint density at radius 1 is 1.29 bits per heavy atom. The van der Waals surface area contributed by atoms with Crippen molar-refractivity contribution in [1.29, 1.82) is 0 Å². The number of rotatable bonds is 7. The summed E-state index contributed by atoms with van der Waals surface area (Å²) in [5, 5.41) is 4.74. The van der Waals surface area contributed by atoms with Crippen molar-refractivity contribution in [3.8, 4) is 0 Å². The van der Waals surface area contributed by atoms with Crippen LogP contribution in [-0.2, 0) is 10.0 Å². The fraction of sp³-hybridized carbons (Fsp3) is 0.312. The largest absolute Gasteiger partial charge is 0.370 e. The van der Waals surface area contributed by atoms with Crippen LogP contribution in [0.2, 0.25) is 0 Å². The first kappa shape index (κ1) is 18.4. The van der Waals surface area contributed by atoms with Crippen molar-refractivity contribution in [2.45, 2.75) is 24.0 Å². The summed E-state index contributed by atoms with van der Waals surface area (Å²) >= 11 is 1.18. The van der Waals surface area contributed by atoms with Gasteiger partial charge >= 0.3 is 0 Å². The fourth-order valence-electron chi connectivity index (χ4n) is 2.01. The van der Waals surface area contributed by atoms with E-state index in [1.165, 1.54) is 16.9 Å². The molecule has 1 aromatic heterocycles. The maximum absolute atomic E-state index is 11.9. The number of nitrogens with zero attached hydrogens (tertiary/aromatic N) is 1. The van der Waals surface area contributed by atoms with E-state index in [1.54, 1.807) is 17.5 Å². The van der Waals surface area contributed by atoms with Gasteiger partial charge in [-0.05, 0) is 35.1 Å². The zero-order valence-corrected chi connectivity index (χ0v) is 15.3. The number of sulfonamides is 1. The third-order valence-electron chi connectivity index (χ3n) is 3.27. The number of nitrogens with two attached hydrogens (primary N) is 1. The van der Waals surface area contributed by atoms with E-state index >= 15 is 0 Å². The van der Waals surface area contributed by atoms with Crippen molar-refractivity contribution in [2.75, 3.05) is 18.4 Å². The molecule has 0 aliphatic rings. The normalized spacial score (nSPS) is 12.5. The minimum atomic E-state index is -3.45. The highest BCUT2D eigenvalue weighted by molar-refractivity contribution is 7.91. The molecule has 0 atom stereocenters. The second-order valence-electron chi connectivity index (χ2n) is 5.50. The molecule has 0 saturated carbocycles. The summed E-state index contributed by atoms with van der Waals surface area (Å²) in [7, 11) is -3.45.